The number of fused-ring (bicyclic) bond motifs is 1. The van der Waals surface area contributed by atoms with E-state index >= 15 is 0 Å². The molecule has 3 heterocycles. The Bertz CT molecular complexity index is 1210. The number of hydrogen-bond acceptors (Lipinski definition) is 5. The van der Waals surface area contributed by atoms with Gasteiger partial charge in [-0.2, -0.15) is 0 Å². The smallest absolute Gasteiger partial charge is 0.253 e. The minimum absolute atomic E-state index is 0.0226. The molecule has 3 unspecified atom stereocenters. The Morgan fingerprint density at radius 3 is 2.35 bits per heavy atom. The van der Waals surface area contributed by atoms with Gasteiger partial charge in [0.2, 0.25) is 11.8 Å². The van der Waals surface area contributed by atoms with Crippen molar-refractivity contribution in [2.45, 2.75) is 90.4 Å². The molecule has 0 aromatic heterocycles. The molecule has 1 N–H and O–H groups in total. The molecule has 0 aliphatic carbocycles. The van der Waals surface area contributed by atoms with E-state index in [2.05, 4.69) is 20.1 Å². The fourth-order valence-corrected chi connectivity index (χ4v) is 8.10. The lowest BCUT2D eigenvalue weighted by Crippen LogP contribution is -2.57. The maximum atomic E-state index is 14.9. The normalized spacial score (nSPS) is 29.1. The molecule has 2 bridgehead atoms. The Balaban J connectivity index is 1.82. The highest BCUT2D eigenvalue weighted by Gasteiger charge is 2.80. The second-order valence-electron chi connectivity index (χ2n) is 12.9. The molecule has 0 radical (unpaired) electrons. The summed E-state index contributed by atoms with van der Waals surface area (Å²) in [4.78, 5) is 49.1. The van der Waals surface area contributed by atoms with Crippen LogP contribution in [0.3, 0.4) is 0 Å². The molecular weight excluding hydrogens is 542 g/mol. The van der Waals surface area contributed by atoms with E-state index in [0.29, 0.717) is 45.4 Å². The highest BCUT2D eigenvalue weighted by atomic mass is 16.5. The van der Waals surface area contributed by atoms with Crippen LogP contribution in [0.4, 0.5) is 5.69 Å². The van der Waals surface area contributed by atoms with Gasteiger partial charge in [-0.3, -0.25) is 14.4 Å². The van der Waals surface area contributed by atoms with Crippen LogP contribution in [0.5, 0.6) is 0 Å². The average molecular weight is 594 g/mol. The number of rotatable bonds is 15. The van der Waals surface area contributed by atoms with Crippen LogP contribution in [0.25, 0.3) is 0 Å². The minimum Gasteiger partial charge on any atom is -0.396 e. The molecule has 43 heavy (non-hydrogen) atoms. The van der Waals surface area contributed by atoms with Gasteiger partial charge in [0.25, 0.3) is 5.91 Å². The van der Waals surface area contributed by atoms with Crippen molar-refractivity contribution >= 4 is 23.4 Å². The minimum atomic E-state index is -1.10. The van der Waals surface area contributed by atoms with Crippen LogP contribution in [-0.4, -0.2) is 82.7 Å². The van der Waals surface area contributed by atoms with Gasteiger partial charge in [0.05, 0.1) is 17.4 Å². The van der Waals surface area contributed by atoms with E-state index in [1.165, 1.54) is 0 Å². The fraction of sp³-hybridized carbons (Fsp3) is 0.629. The van der Waals surface area contributed by atoms with Crippen LogP contribution < -0.4 is 4.90 Å². The van der Waals surface area contributed by atoms with Gasteiger partial charge in [-0.15, -0.1) is 13.2 Å². The summed E-state index contributed by atoms with van der Waals surface area (Å²) in [5, 5.41) is 9.25. The molecule has 1 aromatic rings. The van der Waals surface area contributed by atoms with E-state index in [0.717, 1.165) is 36.1 Å². The van der Waals surface area contributed by atoms with Gasteiger partial charge in [0, 0.05) is 38.5 Å². The van der Waals surface area contributed by atoms with E-state index in [1.807, 2.05) is 45.9 Å². The monoisotopic (exact) mass is 593 g/mol. The fourth-order valence-electron chi connectivity index (χ4n) is 8.10. The van der Waals surface area contributed by atoms with E-state index in [-0.39, 0.29) is 30.2 Å². The first-order valence-corrected chi connectivity index (χ1v) is 16.0. The van der Waals surface area contributed by atoms with Crippen molar-refractivity contribution in [2.75, 3.05) is 37.7 Å². The molecule has 8 heteroatoms. The summed E-state index contributed by atoms with van der Waals surface area (Å²) >= 11 is 0. The Labute approximate surface area is 257 Å². The lowest BCUT2D eigenvalue weighted by atomic mass is 9.62. The topological polar surface area (TPSA) is 90.4 Å². The third-order valence-corrected chi connectivity index (χ3v) is 10.1. The molecule has 1 aromatic carbocycles. The van der Waals surface area contributed by atoms with Crippen LogP contribution >= 0.6 is 0 Å². The number of unbranched alkanes of at least 4 members (excludes halogenated alkanes) is 3. The molecule has 3 amide bonds. The number of carbonyl (C=O) groups excluding carboxylic acids is 3. The van der Waals surface area contributed by atoms with Gasteiger partial charge in [0.15, 0.2) is 0 Å². The zero-order valence-corrected chi connectivity index (χ0v) is 26.8. The van der Waals surface area contributed by atoms with Crippen molar-refractivity contribution in [2.24, 2.45) is 17.8 Å². The molecule has 3 aliphatic rings. The number of nitrogens with zero attached hydrogens (tertiary/aromatic N) is 3. The molecule has 6 atom stereocenters. The first-order valence-electron chi connectivity index (χ1n) is 16.0. The summed E-state index contributed by atoms with van der Waals surface area (Å²) in [6, 6.07) is 5.09. The van der Waals surface area contributed by atoms with Crippen molar-refractivity contribution in [1.82, 2.24) is 9.80 Å². The number of aliphatic hydroxyl groups is 1. The highest BCUT2D eigenvalue weighted by molar-refractivity contribution is 6.05. The Kier molecular flexibility index (Phi) is 10.2. The molecule has 236 valence electrons. The largest absolute Gasteiger partial charge is 0.396 e. The van der Waals surface area contributed by atoms with Crippen molar-refractivity contribution < 1.29 is 24.2 Å². The van der Waals surface area contributed by atoms with Gasteiger partial charge in [0.1, 0.15) is 11.6 Å². The Morgan fingerprint density at radius 1 is 1.09 bits per heavy atom. The number of anilines is 1. The number of aryl methyl sites for hydroxylation is 2. The van der Waals surface area contributed by atoms with E-state index in [1.54, 1.807) is 26.9 Å². The molecule has 4 rings (SSSR count). The molecule has 3 fully saturated rings. The molecule has 8 nitrogen and oxygen atoms in total. The van der Waals surface area contributed by atoms with E-state index < -0.39 is 29.1 Å². The maximum Gasteiger partial charge on any atom is 0.253 e. The van der Waals surface area contributed by atoms with E-state index in [4.69, 9.17) is 4.74 Å². The summed E-state index contributed by atoms with van der Waals surface area (Å²) < 4.78 is 6.99. The predicted octanol–water partition coefficient (Wildman–Crippen LogP) is 4.81. The quantitative estimate of drug-likeness (QED) is 0.233. The Hall–Kier alpha value is -2.97. The number of para-hydroxylation sites is 1. The molecule has 3 saturated heterocycles. The van der Waals surface area contributed by atoms with Crippen molar-refractivity contribution in [3.05, 3.63) is 54.6 Å². The maximum absolute atomic E-state index is 14.9. The number of benzene rings is 1. The zero-order valence-electron chi connectivity index (χ0n) is 26.8. The van der Waals surface area contributed by atoms with Gasteiger partial charge in [-0.25, -0.2) is 0 Å². The van der Waals surface area contributed by atoms with Crippen molar-refractivity contribution in [3.63, 3.8) is 0 Å². The van der Waals surface area contributed by atoms with Crippen LogP contribution in [-0.2, 0) is 19.1 Å². The number of hydrogen-bond donors (Lipinski definition) is 1. The second-order valence-corrected chi connectivity index (χ2v) is 12.9. The molecular formula is C35H51N3O5. The summed E-state index contributed by atoms with van der Waals surface area (Å²) in [6.07, 6.45) is 7.84. The summed E-state index contributed by atoms with van der Waals surface area (Å²) in [7, 11) is 0. The molecule has 0 saturated carbocycles. The number of carbonyl (C=O) groups is 3. The lowest BCUT2D eigenvalue weighted by molar-refractivity contribution is -0.151. The van der Waals surface area contributed by atoms with Crippen LogP contribution in [0.15, 0.2) is 43.5 Å². The second kappa shape index (κ2) is 13.3. The van der Waals surface area contributed by atoms with Gasteiger partial charge >= 0.3 is 0 Å². The van der Waals surface area contributed by atoms with E-state index in [9.17, 15) is 19.5 Å². The third-order valence-electron chi connectivity index (χ3n) is 10.1. The van der Waals surface area contributed by atoms with Crippen LogP contribution in [0.2, 0.25) is 0 Å². The first kappa shape index (κ1) is 32.9. The summed E-state index contributed by atoms with van der Waals surface area (Å²) in [6.45, 7) is 19.7. The average Bonchev–Trinajstić information content (AvgIpc) is 3.48. The van der Waals surface area contributed by atoms with Gasteiger partial charge in [-0.1, -0.05) is 57.0 Å². The van der Waals surface area contributed by atoms with Gasteiger partial charge in [-0.05, 0) is 63.5 Å². The molecule has 1 spiro atoms. The highest BCUT2D eigenvalue weighted by Crippen LogP contribution is 2.65. The Morgan fingerprint density at radius 2 is 1.74 bits per heavy atom. The van der Waals surface area contributed by atoms with Crippen molar-refractivity contribution in [3.8, 4) is 0 Å². The molecule has 3 aliphatic heterocycles. The standard InChI is InChI=1S/C35H51N3O5/c1-8-18-36(19-9-2)31(40)27-28-32(41)38(21-13-11-12-14-22-39)30(35(28)23-26(6)34(27,7)43-35)33(42)37(20-10-3)29-24(4)16-15-17-25(29)5/h8,10,15-17,26-28,30,39H,1,3,9,11-14,18-23H2,2,4-7H3/t26?,27-,28+,30?,34+,35?/m1/s1. The third kappa shape index (κ3) is 5.57. The number of aliphatic hydroxyl groups excluding tert-OH is 1. The number of amides is 3. The zero-order chi connectivity index (χ0) is 31.5. The predicted molar refractivity (Wildman–Crippen MR) is 170 cm³/mol. The van der Waals surface area contributed by atoms with Gasteiger partial charge < -0.3 is 24.5 Å². The van der Waals surface area contributed by atoms with Crippen molar-refractivity contribution in [1.29, 1.82) is 0 Å². The summed E-state index contributed by atoms with van der Waals surface area (Å²) in [5.41, 5.74) is 0.790. The number of likely N-dealkylation sites (tertiary alicyclic amines) is 1. The SMILES string of the molecule is C=CCN(CCC)C(=O)[C@H]1[C@H]2C(=O)N(CCCCCCO)C(C(=O)N(CC=C)c3c(C)cccc3C)C23CC(C)[C@]1(C)O3. The number of ether oxygens (including phenoxy) is 1. The summed E-state index contributed by atoms with van der Waals surface area (Å²) in [5.74, 6) is -1.89. The van der Waals surface area contributed by atoms with Crippen LogP contribution in [0, 0.1) is 31.6 Å². The van der Waals surface area contributed by atoms with Crippen LogP contribution in [0.1, 0.15) is 70.4 Å². The first-order chi connectivity index (χ1) is 20.5. The lowest BCUT2D eigenvalue weighted by Gasteiger charge is -2.39.